The summed E-state index contributed by atoms with van der Waals surface area (Å²) in [6.07, 6.45) is 6.27. The lowest BCUT2D eigenvalue weighted by molar-refractivity contribution is 0.0939. The number of piperazine rings is 1. The van der Waals surface area contributed by atoms with Gasteiger partial charge in [0.15, 0.2) is 0 Å². The van der Waals surface area contributed by atoms with Crippen molar-refractivity contribution in [1.82, 2.24) is 19.4 Å². The van der Waals surface area contributed by atoms with Crippen LogP contribution in [0.1, 0.15) is 35.6 Å². The number of aromatic nitrogens is 3. The zero-order valence-corrected chi connectivity index (χ0v) is 17.3. The van der Waals surface area contributed by atoms with Crippen molar-refractivity contribution in [2.24, 2.45) is 7.05 Å². The fourth-order valence-corrected chi connectivity index (χ4v) is 4.15. The number of hydrogen-bond donors (Lipinski definition) is 0. The molecule has 0 aromatic carbocycles. The van der Waals surface area contributed by atoms with Gasteiger partial charge in [-0.1, -0.05) is 0 Å². The lowest BCUT2D eigenvalue weighted by Crippen LogP contribution is -2.49. The molecular weight excluding hydrogens is 380 g/mol. The van der Waals surface area contributed by atoms with Gasteiger partial charge in [0.2, 0.25) is 0 Å². The van der Waals surface area contributed by atoms with Crippen molar-refractivity contribution in [3.8, 4) is 6.07 Å². The number of anilines is 1. The Bertz CT molecular complexity index is 1060. The Morgan fingerprint density at radius 3 is 2.67 bits per heavy atom. The van der Waals surface area contributed by atoms with Crippen LogP contribution >= 0.6 is 0 Å². The first-order valence-corrected chi connectivity index (χ1v) is 10.4. The number of amides is 1. The smallest absolute Gasteiger partial charge is 0.410 e. The molecule has 3 heterocycles. The quantitative estimate of drug-likeness (QED) is 0.781. The molecule has 2 fully saturated rings. The summed E-state index contributed by atoms with van der Waals surface area (Å²) in [4.78, 5) is 25.4. The molecule has 3 aliphatic rings. The van der Waals surface area contributed by atoms with Gasteiger partial charge in [0.05, 0.1) is 17.0 Å². The van der Waals surface area contributed by atoms with Crippen LogP contribution in [0.25, 0.3) is 11.1 Å². The van der Waals surface area contributed by atoms with Crippen LogP contribution in [0, 0.1) is 18.3 Å². The van der Waals surface area contributed by atoms with E-state index in [1.54, 1.807) is 4.90 Å². The Hall–Kier alpha value is -3.34. The minimum Gasteiger partial charge on any atom is -0.446 e. The van der Waals surface area contributed by atoms with Crippen LogP contribution in [-0.2, 0) is 18.2 Å². The summed E-state index contributed by atoms with van der Waals surface area (Å²) in [5, 5.41) is 9.99. The lowest BCUT2D eigenvalue weighted by atomic mass is 10.0. The van der Waals surface area contributed by atoms with Crippen molar-refractivity contribution < 1.29 is 9.53 Å². The summed E-state index contributed by atoms with van der Waals surface area (Å²) in [6, 6.07) is 4.38. The van der Waals surface area contributed by atoms with E-state index < -0.39 is 0 Å². The molecule has 0 bridgehead atoms. The first-order valence-electron chi connectivity index (χ1n) is 10.4. The van der Waals surface area contributed by atoms with Crippen LogP contribution in [0.15, 0.2) is 18.5 Å². The molecule has 8 heteroatoms. The Balaban J connectivity index is 1.41. The molecule has 0 spiro atoms. The Morgan fingerprint density at radius 2 is 2.03 bits per heavy atom. The summed E-state index contributed by atoms with van der Waals surface area (Å²) >= 11 is 0. The molecule has 2 aromatic heterocycles. The standard InChI is InChI=1S/C22H24N6O2/c1-14-25-19(13-26(14)2)16-11-18-21(17(16)12-23)20(5-6-24-18)27-7-9-28(10-8-27)22(29)30-15-3-4-15/h5-6,13,15H,3-4,7-11H2,1-2H3. The van der Waals surface area contributed by atoms with Gasteiger partial charge in [-0.2, -0.15) is 5.26 Å². The zero-order chi connectivity index (χ0) is 20.8. The average Bonchev–Trinajstić information content (AvgIpc) is 3.39. The van der Waals surface area contributed by atoms with E-state index in [4.69, 9.17) is 4.74 Å². The molecule has 0 radical (unpaired) electrons. The van der Waals surface area contributed by atoms with Gasteiger partial charge in [-0.25, -0.2) is 9.78 Å². The van der Waals surface area contributed by atoms with E-state index >= 15 is 0 Å². The summed E-state index contributed by atoms with van der Waals surface area (Å²) in [6.45, 7) is 4.58. The summed E-state index contributed by atoms with van der Waals surface area (Å²) in [5.41, 5.74) is 5.26. The fourth-order valence-electron chi connectivity index (χ4n) is 4.15. The monoisotopic (exact) mass is 404 g/mol. The van der Waals surface area contributed by atoms with Crippen molar-refractivity contribution in [1.29, 1.82) is 5.26 Å². The molecular formula is C22H24N6O2. The number of rotatable bonds is 3. The highest BCUT2D eigenvalue weighted by Crippen LogP contribution is 2.41. The molecule has 2 aromatic rings. The highest BCUT2D eigenvalue weighted by atomic mass is 16.6. The Kier molecular flexibility index (Phi) is 4.46. The second kappa shape index (κ2) is 7.17. The number of fused-ring (bicyclic) bond motifs is 1. The number of hydrogen-bond acceptors (Lipinski definition) is 6. The third-order valence-corrected chi connectivity index (χ3v) is 6.10. The maximum absolute atomic E-state index is 12.2. The molecule has 1 saturated carbocycles. The molecule has 0 unspecified atom stereocenters. The minimum absolute atomic E-state index is 0.121. The van der Waals surface area contributed by atoms with Gasteiger partial charge in [0, 0.05) is 68.9 Å². The van der Waals surface area contributed by atoms with Gasteiger partial charge in [-0.15, -0.1) is 0 Å². The molecule has 8 nitrogen and oxygen atoms in total. The third-order valence-electron chi connectivity index (χ3n) is 6.10. The average molecular weight is 404 g/mol. The maximum atomic E-state index is 12.2. The predicted octanol–water partition coefficient (Wildman–Crippen LogP) is 2.54. The Morgan fingerprint density at radius 1 is 1.27 bits per heavy atom. The first-order chi connectivity index (χ1) is 14.5. The number of ether oxygens (including phenoxy) is 1. The van der Waals surface area contributed by atoms with Crippen molar-refractivity contribution in [2.45, 2.75) is 32.3 Å². The Labute approximate surface area is 175 Å². The minimum atomic E-state index is -0.206. The van der Waals surface area contributed by atoms with Gasteiger partial charge in [-0.05, 0) is 25.8 Å². The first kappa shape index (κ1) is 18.7. The second-order valence-corrected chi connectivity index (χ2v) is 8.14. The third kappa shape index (κ3) is 3.20. The van der Waals surface area contributed by atoms with E-state index in [1.165, 1.54) is 0 Å². The molecule has 1 amide bonds. The summed E-state index contributed by atoms with van der Waals surface area (Å²) in [5.74, 6) is 0.910. The van der Waals surface area contributed by atoms with Crippen molar-refractivity contribution in [3.05, 3.63) is 41.2 Å². The normalized spacial score (nSPS) is 18.4. The van der Waals surface area contributed by atoms with Crippen LogP contribution in [0.3, 0.4) is 0 Å². The number of aryl methyl sites for hydroxylation is 2. The molecule has 2 aliphatic carbocycles. The predicted molar refractivity (Wildman–Crippen MR) is 112 cm³/mol. The number of imidazole rings is 1. The van der Waals surface area contributed by atoms with Gasteiger partial charge in [0.25, 0.3) is 0 Å². The number of pyridine rings is 1. The number of carbonyl (C=O) groups is 1. The van der Waals surface area contributed by atoms with E-state index in [0.717, 1.165) is 46.9 Å². The van der Waals surface area contributed by atoms with E-state index in [-0.39, 0.29) is 12.2 Å². The summed E-state index contributed by atoms with van der Waals surface area (Å²) < 4.78 is 7.39. The maximum Gasteiger partial charge on any atom is 0.410 e. The van der Waals surface area contributed by atoms with Crippen LogP contribution in [0.5, 0.6) is 0 Å². The van der Waals surface area contributed by atoms with Crippen LogP contribution in [0.4, 0.5) is 10.5 Å². The van der Waals surface area contributed by atoms with E-state index in [1.807, 2.05) is 37.0 Å². The topological polar surface area (TPSA) is 87.3 Å². The van der Waals surface area contributed by atoms with E-state index in [0.29, 0.717) is 38.2 Å². The molecule has 0 N–H and O–H groups in total. The number of nitrogens with zero attached hydrogens (tertiary/aromatic N) is 6. The highest BCUT2D eigenvalue weighted by Gasteiger charge is 2.33. The lowest BCUT2D eigenvalue weighted by Gasteiger charge is -2.36. The molecule has 0 atom stereocenters. The fraction of sp³-hybridized carbons (Fsp3) is 0.455. The number of allylic oxidation sites excluding steroid dienone is 2. The molecule has 154 valence electrons. The zero-order valence-electron chi connectivity index (χ0n) is 17.3. The number of nitriles is 1. The molecule has 1 saturated heterocycles. The highest BCUT2D eigenvalue weighted by molar-refractivity contribution is 6.04. The summed E-state index contributed by atoms with van der Waals surface area (Å²) in [7, 11) is 1.96. The molecule has 5 rings (SSSR count). The number of carbonyl (C=O) groups excluding carboxylic acids is 1. The van der Waals surface area contributed by atoms with Gasteiger partial charge in [0.1, 0.15) is 18.0 Å². The largest absolute Gasteiger partial charge is 0.446 e. The van der Waals surface area contributed by atoms with Gasteiger partial charge < -0.3 is 19.1 Å². The molecule has 30 heavy (non-hydrogen) atoms. The van der Waals surface area contributed by atoms with E-state index in [2.05, 4.69) is 20.9 Å². The van der Waals surface area contributed by atoms with E-state index in [9.17, 15) is 10.1 Å². The van der Waals surface area contributed by atoms with Gasteiger partial charge >= 0.3 is 6.09 Å². The van der Waals surface area contributed by atoms with Gasteiger partial charge in [-0.3, -0.25) is 4.98 Å². The molecule has 1 aliphatic heterocycles. The van der Waals surface area contributed by atoms with Crippen molar-refractivity contribution in [3.63, 3.8) is 0 Å². The van der Waals surface area contributed by atoms with Crippen molar-refractivity contribution >= 4 is 22.9 Å². The van der Waals surface area contributed by atoms with Crippen molar-refractivity contribution in [2.75, 3.05) is 31.1 Å². The van der Waals surface area contributed by atoms with Crippen LogP contribution in [0.2, 0.25) is 0 Å². The van der Waals surface area contributed by atoms with Crippen LogP contribution in [-0.4, -0.2) is 57.8 Å². The SMILES string of the molecule is Cc1nc(C2=C(C#N)c3c(N4CCN(C(=O)OC5CC5)CC4)ccnc3C2)cn1C. The second-order valence-electron chi connectivity index (χ2n) is 8.14. The van der Waals surface area contributed by atoms with Crippen LogP contribution < -0.4 is 4.90 Å².